The molecule has 1 aromatic carbocycles. The molecule has 0 aromatic heterocycles. The van der Waals surface area contributed by atoms with Crippen molar-refractivity contribution >= 4 is 17.5 Å². The molecule has 0 bridgehead atoms. The Labute approximate surface area is 118 Å². The van der Waals surface area contributed by atoms with Crippen LogP contribution in [-0.2, 0) is 16.0 Å². The first kappa shape index (κ1) is 14.3. The standard InChI is InChI=1S/C14H19ClN2O2/c15-13-3-1-2-11(7-13)6-12-8-17(9-14(16)18)4-5-19-10-12/h1-3,7,12H,4-6,8-10H2,(H2,16,18). The number of halogens is 1. The van der Waals surface area contributed by atoms with Crippen molar-refractivity contribution in [1.29, 1.82) is 0 Å². The van der Waals surface area contributed by atoms with Gasteiger partial charge in [0.15, 0.2) is 0 Å². The van der Waals surface area contributed by atoms with Crippen molar-refractivity contribution in [3.63, 3.8) is 0 Å². The molecule has 0 radical (unpaired) electrons. The van der Waals surface area contributed by atoms with Gasteiger partial charge in [0, 0.05) is 18.1 Å². The molecule has 0 saturated carbocycles. The van der Waals surface area contributed by atoms with Crippen molar-refractivity contribution < 1.29 is 9.53 Å². The van der Waals surface area contributed by atoms with Crippen molar-refractivity contribution in [2.45, 2.75) is 6.42 Å². The molecule has 5 heteroatoms. The van der Waals surface area contributed by atoms with E-state index in [4.69, 9.17) is 22.1 Å². The minimum Gasteiger partial charge on any atom is -0.380 e. The number of hydrogen-bond donors (Lipinski definition) is 1. The van der Waals surface area contributed by atoms with Crippen LogP contribution in [0.5, 0.6) is 0 Å². The summed E-state index contributed by atoms with van der Waals surface area (Å²) in [6.45, 7) is 3.25. The van der Waals surface area contributed by atoms with Crippen molar-refractivity contribution in [1.82, 2.24) is 4.90 Å². The Morgan fingerprint density at radius 1 is 1.53 bits per heavy atom. The molecule has 0 aliphatic carbocycles. The number of rotatable bonds is 4. The van der Waals surface area contributed by atoms with Crippen LogP contribution in [0.3, 0.4) is 0 Å². The van der Waals surface area contributed by atoms with Gasteiger partial charge in [-0.15, -0.1) is 0 Å². The Bertz CT molecular complexity index is 439. The van der Waals surface area contributed by atoms with Gasteiger partial charge in [-0.2, -0.15) is 0 Å². The highest BCUT2D eigenvalue weighted by atomic mass is 35.5. The van der Waals surface area contributed by atoms with Gasteiger partial charge >= 0.3 is 0 Å². The second-order valence-electron chi connectivity index (χ2n) is 4.98. The lowest BCUT2D eigenvalue weighted by atomic mass is 9.99. The van der Waals surface area contributed by atoms with Crippen molar-refractivity contribution in [2.24, 2.45) is 11.7 Å². The summed E-state index contributed by atoms with van der Waals surface area (Å²) in [6.07, 6.45) is 0.899. The molecular formula is C14H19ClN2O2. The van der Waals surface area contributed by atoms with E-state index < -0.39 is 0 Å². The van der Waals surface area contributed by atoms with Gasteiger partial charge in [0.2, 0.25) is 5.91 Å². The smallest absolute Gasteiger partial charge is 0.231 e. The summed E-state index contributed by atoms with van der Waals surface area (Å²) < 4.78 is 5.59. The Kier molecular flexibility index (Phi) is 5.19. The van der Waals surface area contributed by atoms with Crippen LogP contribution in [0.2, 0.25) is 5.02 Å². The van der Waals surface area contributed by atoms with E-state index in [1.807, 2.05) is 18.2 Å². The van der Waals surface area contributed by atoms with Crippen molar-refractivity contribution in [2.75, 3.05) is 32.8 Å². The summed E-state index contributed by atoms with van der Waals surface area (Å²) in [5.74, 6) is 0.0729. The summed E-state index contributed by atoms with van der Waals surface area (Å²) in [6, 6.07) is 7.87. The van der Waals surface area contributed by atoms with Gasteiger partial charge < -0.3 is 10.5 Å². The molecule has 19 heavy (non-hydrogen) atoms. The van der Waals surface area contributed by atoms with Crippen molar-refractivity contribution in [3.05, 3.63) is 34.9 Å². The minimum atomic E-state index is -0.289. The Balaban J connectivity index is 1.96. The molecule has 1 aliphatic rings. The molecule has 4 nitrogen and oxygen atoms in total. The third-order valence-corrected chi connectivity index (χ3v) is 3.45. The topological polar surface area (TPSA) is 55.6 Å². The van der Waals surface area contributed by atoms with Crippen LogP contribution in [-0.4, -0.2) is 43.7 Å². The number of benzene rings is 1. The normalized spacial score (nSPS) is 21.0. The third kappa shape index (κ3) is 4.82. The molecule has 2 rings (SSSR count). The first-order valence-electron chi connectivity index (χ1n) is 6.46. The molecule has 1 aromatic rings. The fraction of sp³-hybridized carbons (Fsp3) is 0.500. The molecular weight excluding hydrogens is 264 g/mol. The first-order valence-corrected chi connectivity index (χ1v) is 6.84. The van der Waals surface area contributed by atoms with E-state index in [0.29, 0.717) is 25.7 Å². The molecule has 1 amide bonds. The van der Waals surface area contributed by atoms with Gasteiger partial charge in [-0.1, -0.05) is 23.7 Å². The Hall–Kier alpha value is -1.10. The van der Waals surface area contributed by atoms with Crippen LogP contribution in [0.15, 0.2) is 24.3 Å². The number of amides is 1. The summed E-state index contributed by atoms with van der Waals surface area (Å²) in [5, 5.41) is 0.751. The molecule has 1 unspecified atom stereocenters. The van der Waals surface area contributed by atoms with Gasteiger partial charge in [-0.3, -0.25) is 9.69 Å². The van der Waals surface area contributed by atoms with E-state index in [2.05, 4.69) is 11.0 Å². The lowest BCUT2D eigenvalue weighted by molar-refractivity contribution is -0.119. The maximum Gasteiger partial charge on any atom is 0.231 e. The van der Waals surface area contributed by atoms with Crippen molar-refractivity contribution in [3.8, 4) is 0 Å². The summed E-state index contributed by atoms with van der Waals surface area (Å²) in [5.41, 5.74) is 6.45. The fourth-order valence-electron chi connectivity index (χ4n) is 2.44. The van der Waals surface area contributed by atoms with Gasteiger partial charge in [0.1, 0.15) is 0 Å². The predicted octanol–water partition coefficient (Wildman–Crippen LogP) is 1.32. The average molecular weight is 283 g/mol. The predicted molar refractivity (Wildman–Crippen MR) is 75.1 cm³/mol. The molecule has 1 saturated heterocycles. The lowest BCUT2D eigenvalue weighted by Gasteiger charge is -2.21. The highest BCUT2D eigenvalue weighted by Gasteiger charge is 2.20. The monoisotopic (exact) mass is 282 g/mol. The molecule has 1 atom stereocenters. The molecule has 104 valence electrons. The lowest BCUT2D eigenvalue weighted by Crippen LogP contribution is -2.37. The summed E-state index contributed by atoms with van der Waals surface area (Å²) >= 11 is 5.99. The highest BCUT2D eigenvalue weighted by molar-refractivity contribution is 6.30. The van der Waals surface area contributed by atoms with Gasteiger partial charge in [0.05, 0.1) is 19.8 Å². The van der Waals surface area contributed by atoms with Crippen LogP contribution in [0.25, 0.3) is 0 Å². The maximum atomic E-state index is 11.0. The maximum absolute atomic E-state index is 11.0. The number of nitrogens with zero attached hydrogens (tertiary/aromatic N) is 1. The molecule has 1 fully saturated rings. The zero-order valence-corrected chi connectivity index (χ0v) is 11.6. The second kappa shape index (κ2) is 6.89. The molecule has 1 aliphatic heterocycles. The number of carbonyl (C=O) groups is 1. The van der Waals surface area contributed by atoms with Gasteiger partial charge in [-0.25, -0.2) is 0 Å². The zero-order chi connectivity index (χ0) is 13.7. The Morgan fingerprint density at radius 2 is 2.37 bits per heavy atom. The molecule has 0 spiro atoms. The first-order chi connectivity index (χ1) is 9.13. The fourth-order valence-corrected chi connectivity index (χ4v) is 2.65. The van der Waals surface area contributed by atoms with E-state index >= 15 is 0 Å². The van der Waals surface area contributed by atoms with Crippen LogP contribution in [0.4, 0.5) is 0 Å². The van der Waals surface area contributed by atoms with E-state index in [1.165, 1.54) is 5.56 Å². The number of ether oxygens (including phenoxy) is 1. The number of nitrogens with two attached hydrogens (primary N) is 1. The minimum absolute atomic E-state index is 0.289. The SMILES string of the molecule is NC(=O)CN1CCOCC(Cc2cccc(Cl)c2)C1. The number of hydrogen-bond acceptors (Lipinski definition) is 3. The van der Waals surface area contributed by atoms with Crippen LogP contribution >= 0.6 is 11.6 Å². The second-order valence-corrected chi connectivity index (χ2v) is 5.41. The van der Waals surface area contributed by atoms with E-state index in [9.17, 15) is 4.79 Å². The zero-order valence-electron chi connectivity index (χ0n) is 10.8. The van der Waals surface area contributed by atoms with Gasteiger partial charge in [-0.05, 0) is 30.0 Å². The summed E-state index contributed by atoms with van der Waals surface area (Å²) in [7, 11) is 0. The third-order valence-electron chi connectivity index (χ3n) is 3.21. The average Bonchev–Trinajstić information content (AvgIpc) is 2.53. The van der Waals surface area contributed by atoms with E-state index in [1.54, 1.807) is 0 Å². The van der Waals surface area contributed by atoms with Crippen LogP contribution in [0, 0.1) is 5.92 Å². The number of primary amides is 1. The van der Waals surface area contributed by atoms with Crippen LogP contribution in [0.1, 0.15) is 5.56 Å². The summed E-state index contributed by atoms with van der Waals surface area (Å²) in [4.78, 5) is 13.1. The number of carbonyl (C=O) groups excluding carboxylic acids is 1. The Morgan fingerprint density at radius 3 is 3.11 bits per heavy atom. The highest BCUT2D eigenvalue weighted by Crippen LogP contribution is 2.17. The molecule has 1 heterocycles. The van der Waals surface area contributed by atoms with E-state index in [0.717, 1.165) is 24.5 Å². The quantitative estimate of drug-likeness (QED) is 0.906. The molecule has 2 N–H and O–H groups in total. The van der Waals surface area contributed by atoms with Gasteiger partial charge in [0.25, 0.3) is 0 Å². The van der Waals surface area contributed by atoms with E-state index in [-0.39, 0.29) is 5.91 Å². The largest absolute Gasteiger partial charge is 0.380 e. The van der Waals surface area contributed by atoms with Crippen LogP contribution < -0.4 is 5.73 Å².